The molecule has 2 atom stereocenters. The summed E-state index contributed by atoms with van der Waals surface area (Å²) in [6, 6.07) is 0. The first kappa shape index (κ1) is 11.1. The number of allylic oxidation sites excluding steroid dienone is 2. The number of rotatable bonds is 3. The second-order valence-electron chi connectivity index (χ2n) is 3.39. The lowest BCUT2D eigenvalue weighted by atomic mass is 10.00. The topological polar surface area (TPSA) is 92.1 Å². The third-order valence-electron chi connectivity index (χ3n) is 2.48. The van der Waals surface area contributed by atoms with Gasteiger partial charge in [0.05, 0.1) is 5.70 Å². The predicted molar refractivity (Wildman–Crippen MR) is 58.2 cm³/mol. The maximum Gasteiger partial charge on any atom is 0.257 e. The fourth-order valence-electron chi connectivity index (χ4n) is 1.81. The maximum absolute atomic E-state index is 5.90. The normalized spacial score (nSPS) is 32.4. The average Bonchev–Trinajstić information content (AvgIpc) is 2.64. The Hall–Kier alpha value is -1.37. The number of nitrogens with two attached hydrogens (primary N) is 2. The summed E-state index contributed by atoms with van der Waals surface area (Å²) in [7, 11) is 1.51. The molecule has 2 rings (SSSR count). The van der Waals surface area contributed by atoms with Gasteiger partial charge < -0.3 is 19.9 Å². The van der Waals surface area contributed by atoms with Crippen molar-refractivity contribution < 1.29 is 14.2 Å². The fraction of sp³-hybridized carbons (Fsp3) is 0.500. The number of aliphatic imine (C=N–C) groups is 1. The molecule has 0 aromatic rings. The van der Waals surface area contributed by atoms with Crippen molar-refractivity contribution in [3.05, 3.63) is 23.6 Å². The zero-order valence-corrected chi connectivity index (χ0v) is 9.27. The summed E-state index contributed by atoms with van der Waals surface area (Å²) in [5, 5.41) is 0. The summed E-state index contributed by atoms with van der Waals surface area (Å²) in [6.45, 7) is 2.28. The lowest BCUT2D eigenvalue weighted by Gasteiger charge is -2.33. The first-order valence-corrected chi connectivity index (χ1v) is 5.02. The highest BCUT2D eigenvalue weighted by molar-refractivity contribution is 6.08. The predicted octanol–water partition coefficient (Wildman–Crippen LogP) is -0.181. The highest BCUT2D eigenvalue weighted by atomic mass is 16.7. The van der Waals surface area contributed by atoms with Crippen molar-refractivity contribution in [2.24, 2.45) is 16.5 Å². The van der Waals surface area contributed by atoms with E-state index in [0.717, 1.165) is 0 Å². The number of ether oxygens (including phenoxy) is 3. The summed E-state index contributed by atoms with van der Waals surface area (Å²) in [5.74, 6) is -0.635. The summed E-state index contributed by atoms with van der Waals surface area (Å²) in [5.41, 5.74) is 12.4. The van der Waals surface area contributed by atoms with Crippen molar-refractivity contribution in [3.8, 4) is 0 Å². The second-order valence-corrected chi connectivity index (χ2v) is 3.39. The number of methoxy groups -OCH3 is 1. The fourth-order valence-corrected chi connectivity index (χ4v) is 1.81. The van der Waals surface area contributed by atoms with Gasteiger partial charge in [-0.2, -0.15) is 0 Å². The molecule has 6 heteroatoms. The van der Waals surface area contributed by atoms with Crippen LogP contribution in [0.5, 0.6) is 0 Å². The number of nitrogens with zero attached hydrogens (tertiary/aromatic N) is 1. The van der Waals surface area contributed by atoms with Gasteiger partial charge in [0.25, 0.3) is 5.79 Å². The smallest absolute Gasteiger partial charge is 0.257 e. The van der Waals surface area contributed by atoms with Crippen molar-refractivity contribution in [3.63, 3.8) is 0 Å². The molecule has 4 N–H and O–H groups in total. The Kier molecular flexibility index (Phi) is 2.71. The van der Waals surface area contributed by atoms with E-state index < -0.39 is 12.1 Å². The molecule has 1 aliphatic heterocycles. The van der Waals surface area contributed by atoms with E-state index >= 15 is 0 Å². The van der Waals surface area contributed by atoms with Gasteiger partial charge in [-0.15, -0.1) is 0 Å². The molecule has 0 bridgehead atoms. The lowest BCUT2D eigenvalue weighted by molar-refractivity contribution is -0.143. The van der Waals surface area contributed by atoms with Crippen LogP contribution < -0.4 is 11.5 Å². The maximum atomic E-state index is 5.90. The van der Waals surface area contributed by atoms with Gasteiger partial charge in [-0.25, -0.2) is 4.99 Å². The summed E-state index contributed by atoms with van der Waals surface area (Å²) in [4.78, 5) is 4.14. The van der Waals surface area contributed by atoms with E-state index in [1.165, 1.54) is 7.11 Å². The summed E-state index contributed by atoms with van der Waals surface area (Å²) >= 11 is 0. The van der Waals surface area contributed by atoms with Crippen LogP contribution in [0.25, 0.3) is 0 Å². The minimum atomic E-state index is -1.17. The molecule has 88 valence electrons. The van der Waals surface area contributed by atoms with E-state index in [2.05, 4.69) is 4.99 Å². The molecule has 0 spiro atoms. The van der Waals surface area contributed by atoms with Crippen LogP contribution in [-0.4, -0.2) is 31.6 Å². The van der Waals surface area contributed by atoms with E-state index in [4.69, 9.17) is 25.7 Å². The Labute approximate surface area is 93.5 Å². The third kappa shape index (κ3) is 1.42. The molecule has 0 amide bonds. The van der Waals surface area contributed by atoms with Gasteiger partial charge in [-0.3, -0.25) is 5.73 Å². The van der Waals surface area contributed by atoms with E-state index in [9.17, 15) is 0 Å². The van der Waals surface area contributed by atoms with Crippen LogP contribution in [0.15, 0.2) is 28.6 Å². The molecule has 6 nitrogen and oxygen atoms in total. The van der Waals surface area contributed by atoms with Gasteiger partial charge in [0.2, 0.25) is 6.35 Å². The first-order chi connectivity index (χ1) is 7.64. The largest absolute Gasteiger partial charge is 0.454 e. The van der Waals surface area contributed by atoms with Crippen molar-refractivity contribution in [1.29, 1.82) is 0 Å². The van der Waals surface area contributed by atoms with E-state index in [1.54, 1.807) is 12.2 Å². The molecule has 0 aromatic heterocycles. The van der Waals surface area contributed by atoms with Crippen LogP contribution in [0.4, 0.5) is 0 Å². The number of hydrogen-bond acceptors (Lipinski definition) is 6. The minimum Gasteiger partial charge on any atom is -0.454 e. The number of hydrogen-bond donors (Lipinski definition) is 2. The zero-order chi connectivity index (χ0) is 11.8. The Morgan fingerprint density at radius 3 is 2.94 bits per heavy atom. The second kappa shape index (κ2) is 3.89. The van der Waals surface area contributed by atoms with Crippen molar-refractivity contribution in [2.45, 2.75) is 19.1 Å². The van der Waals surface area contributed by atoms with E-state index in [-0.39, 0.29) is 0 Å². The third-order valence-corrected chi connectivity index (χ3v) is 2.48. The van der Waals surface area contributed by atoms with Crippen LogP contribution in [0.1, 0.15) is 6.92 Å². The van der Waals surface area contributed by atoms with Gasteiger partial charge >= 0.3 is 0 Å². The SMILES string of the molecule is CCOC1(OC)C(N)=CC=C2OC(N)N=C21. The van der Waals surface area contributed by atoms with Crippen molar-refractivity contribution in [2.75, 3.05) is 13.7 Å². The molecular weight excluding hydrogens is 210 g/mol. The van der Waals surface area contributed by atoms with Crippen LogP contribution in [0.3, 0.4) is 0 Å². The molecule has 0 saturated heterocycles. The highest BCUT2D eigenvalue weighted by Crippen LogP contribution is 2.33. The van der Waals surface area contributed by atoms with Crippen molar-refractivity contribution in [1.82, 2.24) is 0 Å². The van der Waals surface area contributed by atoms with Crippen LogP contribution in [0.2, 0.25) is 0 Å². The molecule has 1 aliphatic carbocycles. The number of fused-ring (bicyclic) bond motifs is 1. The van der Waals surface area contributed by atoms with Crippen LogP contribution in [-0.2, 0) is 14.2 Å². The monoisotopic (exact) mass is 225 g/mol. The molecule has 0 saturated carbocycles. The van der Waals surface area contributed by atoms with E-state index in [0.29, 0.717) is 23.8 Å². The lowest BCUT2D eigenvalue weighted by Crippen LogP contribution is -2.49. The highest BCUT2D eigenvalue weighted by Gasteiger charge is 2.47. The van der Waals surface area contributed by atoms with Gasteiger partial charge in [-0.1, -0.05) is 0 Å². The molecule has 2 unspecified atom stereocenters. The molecule has 1 heterocycles. The molecular formula is C10H15N3O3. The van der Waals surface area contributed by atoms with Gasteiger partial charge in [0.1, 0.15) is 5.71 Å². The first-order valence-electron chi connectivity index (χ1n) is 5.02. The Morgan fingerprint density at radius 1 is 1.56 bits per heavy atom. The molecule has 0 aromatic carbocycles. The zero-order valence-electron chi connectivity index (χ0n) is 9.27. The molecule has 0 radical (unpaired) electrons. The van der Waals surface area contributed by atoms with Crippen LogP contribution >= 0.6 is 0 Å². The summed E-state index contributed by atoms with van der Waals surface area (Å²) < 4.78 is 16.2. The van der Waals surface area contributed by atoms with Crippen LogP contribution in [0, 0.1) is 0 Å². The van der Waals surface area contributed by atoms with Gasteiger partial charge in [-0.05, 0) is 19.1 Å². The molecule has 0 fully saturated rings. The minimum absolute atomic E-state index is 0.428. The van der Waals surface area contributed by atoms with Crippen molar-refractivity contribution >= 4 is 5.71 Å². The Bertz CT molecular complexity index is 389. The summed E-state index contributed by atoms with van der Waals surface area (Å²) in [6.07, 6.45) is 2.65. The van der Waals surface area contributed by atoms with Gasteiger partial charge in [0.15, 0.2) is 5.76 Å². The van der Waals surface area contributed by atoms with Gasteiger partial charge in [0, 0.05) is 13.7 Å². The molecule has 2 aliphatic rings. The average molecular weight is 225 g/mol. The Morgan fingerprint density at radius 2 is 2.31 bits per heavy atom. The molecule has 16 heavy (non-hydrogen) atoms. The Balaban J connectivity index is 2.46. The quantitative estimate of drug-likeness (QED) is 0.650. The standard InChI is InChI=1S/C10H15N3O3/c1-3-15-10(14-2)7(11)5-4-6-8(10)13-9(12)16-6/h4-5,9H,3,11-12H2,1-2H3. The van der Waals surface area contributed by atoms with E-state index in [1.807, 2.05) is 6.92 Å².